The number of hydrogen-bond donors (Lipinski definition) is 0. The van der Waals surface area contributed by atoms with Gasteiger partial charge < -0.3 is 9.47 Å². The Balaban J connectivity index is 1.61. The van der Waals surface area contributed by atoms with Gasteiger partial charge in [0.25, 0.3) is 0 Å². The molecule has 0 saturated carbocycles. The van der Waals surface area contributed by atoms with Crippen LogP contribution >= 0.6 is 0 Å². The van der Waals surface area contributed by atoms with Crippen molar-refractivity contribution in [1.82, 2.24) is 9.97 Å². The lowest BCUT2D eigenvalue weighted by Crippen LogP contribution is -2.25. The van der Waals surface area contributed by atoms with Crippen molar-refractivity contribution in [3.8, 4) is 17.0 Å². The van der Waals surface area contributed by atoms with Crippen molar-refractivity contribution >= 4 is 11.0 Å². The summed E-state index contributed by atoms with van der Waals surface area (Å²) in [5, 5.41) is 0. The monoisotopic (exact) mass is 306 g/mol. The first-order valence-electron chi connectivity index (χ1n) is 7.95. The van der Waals surface area contributed by atoms with Crippen LogP contribution in [0.4, 0.5) is 0 Å². The first-order valence-corrected chi connectivity index (χ1v) is 7.95. The summed E-state index contributed by atoms with van der Waals surface area (Å²) in [5.74, 6) is 0.879. The maximum Gasteiger partial charge on any atom is 0.120 e. The smallest absolute Gasteiger partial charge is 0.120 e. The van der Waals surface area contributed by atoms with E-state index in [4.69, 9.17) is 14.5 Å². The first kappa shape index (κ1) is 14.2. The molecule has 0 N–H and O–H groups in total. The van der Waals surface area contributed by atoms with Crippen LogP contribution in [0.5, 0.6) is 5.75 Å². The Kier molecular flexibility index (Phi) is 3.90. The molecule has 23 heavy (non-hydrogen) atoms. The van der Waals surface area contributed by atoms with Crippen molar-refractivity contribution in [3.05, 3.63) is 54.7 Å². The molecule has 1 aliphatic rings. The van der Waals surface area contributed by atoms with E-state index in [1.807, 2.05) is 54.7 Å². The topological polar surface area (TPSA) is 44.2 Å². The minimum atomic E-state index is 0.238. The summed E-state index contributed by atoms with van der Waals surface area (Å²) in [6, 6.07) is 16.0. The predicted octanol–water partition coefficient (Wildman–Crippen LogP) is 3.85. The van der Waals surface area contributed by atoms with Crippen molar-refractivity contribution in [2.75, 3.05) is 13.2 Å². The lowest BCUT2D eigenvalue weighted by atomic mass is 10.1. The van der Waals surface area contributed by atoms with E-state index in [0.29, 0.717) is 0 Å². The Morgan fingerprint density at radius 2 is 1.78 bits per heavy atom. The van der Waals surface area contributed by atoms with Gasteiger partial charge in [0.05, 0.1) is 36.1 Å². The Labute approximate surface area is 135 Å². The van der Waals surface area contributed by atoms with Crippen LogP contribution in [0, 0.1) is 0 Å². The molecule has 4 rings (SSSR count). The van der Waals surface area contributed by atoms with Gasteiger partial charge in [0, 0.05) is 18.4 Å². The van der Waals surface area contributed by atoms with Crippen molar-refractivity contribution in [3.63, 3.8) is 0 Å². The fourth-order valence-electron chi connectivity index (χ4n) is 2.81. The number of nitrogens with zero attached hydrogens (tertiary/aromatic N) is 2. The van der Waals surface area contributed by atoms with Crippen LogP contribution in [0.3, 0.4) is 0 Å². The van der Waals surface area contributed by atoms with Gasteiger partial charge in [-0.3, -0.25) is 4.98 Å². The second-order valence-corrected chi connectivity index (χ2v) is 5.70. The predicted molar refractivity (Wildman–Crippen MR) is 89.4 cm³/mol. The molecule has 2 aromatic carbocycles. The fraction of sp³-hybridized carbons (Fsp3) is 0.263. The van der Waals surface area contributed by atoms with Gasteiger partial charge in [-0.1, -0.05) is 24.3 Å². The van der Waals surface area contributed by atoms with E-state index in [-0.39, 0.29) is 6.10 Å². The molecule has 1 saturated heterocycles. The normalized spacial score (nSPS) is 15.7. The molecule has 1 aliphatic heterocycles. The quantitative estimate of drug-likeness (QED) is 0.737. The van der Waals surface area contributed by atoms with Crippen LogP contribution in [0.1, 0.15) is 12.8 Å². The molecule has 1 aromatic heterocycles. The second-order valence-electron chi connectivity index (χ2n) is 5.70. The second kappa shape index (κ2) is 6.34. The Morgan fingerprint density at radius 1 is 0.957 bits per heavy atom. The number of hydrogen-bond acceptors (Lipinski definition) is 4. The molecule has 0 atom stereocenters. The molecule has 1 fully saturated rings. The standard InChI is InChI=1S/C19H18N2O2/c1-2-7-18-17(6-1)20-13-19(21-18)14-4-3-5-16(12-14)23-15-8-10-22-11-9-15/h1-7,12-13,15H,8-11H2. The summed E-state index contributed by atoms with van der Waals surface area (Å²) >= 11 is 0. The van der Waals surface area contributed by atoms with E-state index in [9.17, 15) is 0 Å². The average Bonchev–Trinajstić information content (AvgIpc) is 2.62. The number of ether oxygens (including phenoxy) is 2. The summed E-state index contributed by atoms with van der Waals surface area (Å²) in [6.45, 7) is 1.56. The van der Waals surface area contributed by atoms with Crippen LogP contribution in [-0.4, -0.2) is 29.3 Å². The summed E-state index contributed by atoms with van der Waals surface area (Å²) in [4.78, 5) is 9.18. The lowest BCUT2D eigenvalue weighted by molar-refractivity contribution is 0.0256. The zero-order chi connectivity index (χ0) is 15.5. The molecule has 116 valence electrons. The SMILES string of the molecule is c1cc(OC2CCOCC2)cc(-c2cnc3ccccc3n2)c1. The van der Waals surface area contributed by atoms with Crippen molar-refractivity contribution in [1.29, 1.82) is 0 Å². The van der Waals surface area contributed by atoms with Gasteiger partial charge in [-0.15, -0.1) is 0 Å². The number of rotatable bonds is 3. The zero-order valence-electron chi connectivity index (χ0n) is 12.8. The molecule has 0 amide bonds. The van der Waals surface area contributed by atoms with Gasteiger partial charge >= 0.3 is 0 Å². The Hall–Kier alpha value is -2.46. The molecule has 4 nitrogen and oxygen atoms in total. The summed E-state index contributed by atoms with van der Waals surface area (Å²) in [5.41, 5.74) is 3.69. The third kappa shape index (κ3) is 3.17. The molecule has 0 spiro atoms. The third-order valence-electron chi connectivity index (χ3n) is 4.05. The summed E-state index contributed by atoms with van der Waals surface area (Å²) < 4.78 is 11.4. The first-order chi connectivity index (χ1) is 11.4. The molecule has 0 aliphatic carbocycles. The minimum Gasteiger partial charge on any atom is -0.490 e. The molecular weight excluding hydrogens is 288 g/mol. The number of fused-ring (bicyclic) bond motifs is 1. The van der Waals surface area contributed by atoms with Crippen molar-refractivity contribution in [2.45, 2.75) is 18.9 Å². The number of benzene rings is 2. The van der Waals surface area contributed by atoms with E-state index >= 15 is 0 Å². The molecule has 0 radical (unpaired) electrons. The minimum absolute atomic E-state index is 0.238. The molecule has 0 unspecified atom stereocenters. The van der Waals surface area contributed by atoms with Crippen molar-refractivity contribution in [2.24, 2.45) is 0 Å². The highest BCUT2D eigenvalue weighted by molar-refractivity contribution is 5.77. The van der Waals surface area contributed by atoms with Crippen LogP contribution in [0.2, 0.25) is 0 Å². The van der Waals surface area contributed by atoms with Crippen LogP contribution in [0.15, 0.2) is 54.7 Å². The maximum atomic E-state index is 6.08. The highest BCUT2D eigenvalue weighted by atomic mass is 16.5. The largest absolute Gasteiger partial charge is 0.490 e. The highest BCUT2D eigenvalue weighted by Crippen LogP contribution is 2.25. The van der Waals surface area contributed by atoms with Gasteiger partial charge in [0.2, 0.25) is 0 Å². The van der Waals surface area contributed by atoms with E-state index in [0.717, 1.165) is 54.1 Å². The van der Waals surface area contributed by atoms with Crippen LogP contribution in [-0.2, 0) is 4.74 Å². The van der Waals surface area contributed by atoms with Crippen molar-refractivity contribution < 1.29 is 9.47 Å². The molecule has 2 heterocycles. The fourth-order valence-corrected chi connectivity index (χ4v) is 2.81. The summed E-state index contributed by atoms with van der Waals surface area (Å²) in [6.07, 6.45) is 3.94. The van der Waals surface area contributed by atoms with E-state index in [1.54, 1.807) is 0 Å². The number of aromatic nitrogens is 2. The van der Waals surface area contributed by atoms with E-state index < -0.39 is 0 Å². The van der Waals surface area contributed by atoms with Crippen LogP contribution in [0.25, 0.3) is 22.3 Å². The number of para-hydroxylation sites is 2. The zero-order valence-corrected chi connectivity index (χ0v) is 12.8. The highest BCUT2D eigenvalue weighted by Gasteiger charge is 2.15. The van der Waals surface area contributed by atoms with Gasteiger partial charge in [-0.25, -0.2) is 4.98 Å². The van der Waals surface area contributed by atoms with Gasteiger partial charge in [-0.05, 0) is 24.3 Å². The molecule has 0 bridgehead atoms. The lowest BCUT2D eigenvalue weighted by Gasteiger charge is -2.23. The Morgan fingerprint density at radius 3 is 2.65 bits per heavy atom. The molecule has 4 heteroatoms. The molecule has 3 aromatic rings. The third-order valence-corrected chi connectivity index (χ3v) is 4.05. The van der Waals surface area contributed by atoms with Gasteiger partial charge in [0.1, 0.15) is 11.9 Å². The van der Waals surface area contributed by atoms with Crippen LogP contribution < -0.4 is 4.74 Å². The molecular formula is C19H18N2O2. The maximum absolute atomic E-state index is 6.08. The van der Waals surface area contributed by atoms with Gasteiger partial charge in [-0.2, -0.15) is 0 Å². The van der Waals surface area contributed by atoms with E-state index in [2.05, 4.69) is 4.98 Å². The Bertz CT molecular complexity index is 813. The average molecular weight is 306 g/mol. The summed E-state index contributed by atoms with van der Waals surface area (Å²) in [7, 11) is 0. The van der Waals surface area contributed by atoms with Gasteiger partial charge in [0.15, 0.2) is 0 Å². The van der Waals surface area contributed by atoms with E-state index in [1.165, 1.54) is 0 Å².